The van der Waals surface area contributed by atoms with E-state index >= 15 is 0 Å². The molecule has 1 atom stereocenters. The summed E-state index contributed by atoms with van der Waals surface area (Å²) in [5.41, 5.74) is 1.02. The topological polar surface area (TPSA) is 57.4 Å². The summed E-state index contributed by atoms with van der Waals surface area (Å²) in [4.78, 5) is 0. The second-order valence-electron chi connectivity index (χ2n) is 5.00. The van der Waals surface area contributed by atoms with E-state index in [4.69, 9.17) is 21.1 Å². The van der Waals surface area contributed by atoms with Gasteiger partial charge in [-0.05, 0) is 43.3 Å². The second-order valence-corrected chi connectivity index (χ2v) is 5.44. The number of halogens is 1. The average molecular weight is 309 g/mol. The van der Waals surface area contributed by atoms with E-state index in [1.54, 1.807) is 6.92 Å². The maximum atomic E-state index is 9.11. The molecule has 4 nitrogen and oxygen atoms in total. The quantitative estimate of drug-likeness (QED) is 0.656. The number of furan rings is 1. The Bertz CT molecular complexity index is 537. The first kappa shape index (κ1) is 16.0. The molecule has 3 N–H and O–H groups in total. The number of hydrogen-bond donors (Lipinski definition) is 3. The molecule has 0 aliphatic rings. The molecule has 1 aromatic carbocycles. The Balaban J connectivity index is 1.74. The van der Waals surface area contributed by atoms with Crippen molar-refractivity contribution in [2.45, 2.75) is 19.6 Å². The third kappa shape index (κ3) is 5.52. The normalized spacial score (nSPS) is 12.5. The lowest BCUT2D eigenvalue weighted by Gasteiger charge is -2.07. The van der Waals surface area contributed by atoms with E-state index in [0.29, 0.717) is 13.1 Å². The highest BCUT2D eigenvalue weighted by Crippen LogP contribution is 2.23. The smallest absolute Gasteiger partial charge is 0.134 e. The Morgan fingerprint density at radius 1 is 1.10 bits per heavy atom. The van der Waals surface area contributed by atoms with Crippen LogP contribution in [0.1, 0.15) is 12.7 Å². The van der Waals surface area contributed by atoms with Crippen LogP contribution in [0.25, 0.3) is 11.3 Å². The van der Waals surface area contributed by atoms with Gasteiger partial charge in [-0.1, -0.05) is 11.6 Å². The molecule has 21 heavy (non-hydrogen) atoms. The lowest BCUT2D eigenvalue weighted by atomic mass is 10.2. The molecular formula is C16H21ClN2O2. The SMILES string of the molecule is CC(O)CNCCNCc1ccc(-c2ccc(Cl)cc2)o1. The summed E-state index contributed by atoms with van der Waals surface area (Å²) in [6, 6.07) is 11.5. The number of rotatable bonds is 8. The molecule has 2 aromatic rings. The standard InChI is InChI=1S/C16H21ClN2O2/c1-12(20)10-18-8-9-19-11-15-6-7-16(21-15)13-2-4-14(17)5-3-13/h2-7,12,18-20H,8-11H2,1H3. The Labute approximate surface area is 130 Å². The zero-order valence-corrected chi connectivity index (χ0v) is 12.9. The van der Waals surface area contributed by atoms with Crippen LogP contribution in [-0.4, -0.2) is 30.8 Å². The van der Waals surface area contributed by atoms with E-state index in [-0.39, 0.29) is 6.10 Å². The Kier molecular flexibility index (Phi) is 6.26. The van der Waals surface area contributed by atoms with Crippen molar-refractivity contribution in [3.8, 4) is 11.3 Å². The molecule has 0 aliphatic carbocycles. The van der Waals surface area contributed by atoms with Crippen molar-refractivity contribution >= 4 is 11.6 Å². The van der Waals surface area contributed by atoms with Crippen LogP contribution in [-0.2, 0) is 6.54 Å². The van der Waals surface area contributed by atoms with Crippen LogP contribution in [0.5, 0.6) is 0 Å². The molecule has 5 heteroatoms. The maximum absolute atomic E-state index is 9.11. The van der Waals surface area contributed by atoms with Gasteiger partial charge in [0.15, 0.2) is 0 Å². The first-order chi connectivity index (χ1) is 10.1. The predicted octanol–water partition coefficient (Wildman–Crippen LogP) is 2.66. The van der Waals surface area contributed by atoms with E-state index in [9.17, 15) is 0 Å². The zero-order valence-electron chi connectivity index (χ0n) is 12.1. The third-order valence-corrected chi connectivity index (χ3v) is 3.26. The molecular weight excluding hydrogens is 288 g/mol. The molecule has 0 amide bonds. The molecule has 2 rings (SSSR count). The first-order valence-electron chi connectivity index (χ1n) is 7.09. The monoisotopic (exact) mass is 308 g/mol. The van der Waals surface area contributed by atoms with Gasteiger partial charge >= 0.3 is 0 Å². The highest BCUT2D eigenvalue weighted by atomic mass is 35.5. The number of aliphatic hydroxyl groups excluding tert-OH is 1. The van der Waals surface area contributed by atoms with Gasteiger partial charge in [0, 0.05) is 30.2 Å². The summed E-state index contributed by atoms with van der Waals surface area (Å²) in [6.07, 6.45) is -0.308. The summed E-state index contributed by atoms with van der Waals surface area (Å²) < 4.78 is 5.79. The van der Waals surface area contributed by atoms with Gasteiger partial charge in [-0.25, -0.2) is 0 Å². The minimum atomic E-state index is -0.308. The second kappa shape index (κ2) is 8.20. The van der Waals surface area contributed by atoms with E-state index in [0.717, 1.165) is 35.2 Å². The van der Waals surface area contributed by atoms with E-state index in [2.05, 4.69) is 10.6 Å². The molecule has 0 saturated heterocycles. The van der Waals surface area contributed by atoms with Crippen LogP contribution in [0.3, 0.4) is 0 Å². The van der Waals surface area contributed by atoms with Gasteiger partial charge in [0.25, 0.3) is 0 Å². The number of aliphatic hydroxyl groups is 1. The van der Waals surface area contributed by atoms with Gasteiger partial charge in [-0.15, -0.1) is 0 Å². The number of benzene rings is 1. The molecule has 1 heterocycles. The summed E-state index contributed by atoms with van der Waals surface area (Å²) >= 11 is 5.87. The van der Waals surface area contributed by atoms with Crippen molar-refractivity contribution in [1.29, 1.82) is 0 Å². The van der Waals surface area contributed by atoms with Crippen LogP contribution in [0.15, 0.2) is 40.8 Å². The molecule has 0 radical (unpaired) electrons. The molecule has 0 saturated carbocycles. The van der Waals surface area contributed by atoms with Crippen molar-refractivity contribution in [3.63, 3.8) is 0 Å². The molecule has 114 valence electrons. The molecule has 0 aliphatic heterocycles. The van der Waals surface area contributed by atoms with Crippen molar-refractivity contribution < 1.29 is 9.52 Å². The van der Waals surface area contributed by atoms with Gasteiger partial charge < -0.3 is 20.2 Å². The van der Waals surface area contributed by atoms with Crippen LogP contribution in [0.4, 0.5) is 0 Å². The van der Waals surface area contributed by atoms with Crippen molar-refractivity contribution in [1.82, 2.24) is 10.6 Å². The fourth-order valence-electron chi connectivity index (χ4n) is 1.94. The van der Waals surface area contributed by atoms with Crippen LogP contribution in [0, 0.1) is 0 Å². The lowest BCUT2D eigenvalue weighted by molar-refractivity contribution is 0.191. The van der Waals surface area contributed by atoms with E-state index in [1.165, 1.54) is 0 Å². The molecule has 1 unspecified atom stereocenters. The zero-order chi connectivity index (χ0) is 15.1. The fraction of sp³-hybridized carbons (Fsp3) is 0.375. The van der Waals surface area contributed by atoms with Crippen LogP contribution < -0.4 is 10.6 Å². The maximum Gasteiger partial charge on any atom is 0.134 e. The minimum absolute atomic E-state index is 0.308. The Morgan fingerprint density at radius 2 is 1.81 bits per heavy atom. The summed E-state index contributed by atoms with van der Waals surface area (Å²) in [5.74, 6) is 1.74. The number of hydrogen-bond acceptors (Lipinski definition) is 4. The first-order valence-corrected chi connectivity index (χ1v) is 7.47. The Hall–Kier alpha value is -1.33. The predicted molar refractivity (Wildman–Crippen MR) is 85.4 cm³/mol. The van der Waals surface area contributed by atoms with Crippen molar-refractivity contribution in [2.75, 3.05) is 19.6 Å². The molecule has 1 aromatic heterocycles. The summed E-state index contributed by atoms with van der Waals surface area (Å²) in [7, 11) is 0. The number of nitrogens with one attached hydrogen (secondary N) is 2. The molecule has 0 spiro atoms. The largest absolute Gasteiger partial charge is 0.460 e. The van der Waals surface area contributed by atoms with Crippen molar-refractivity contribution in [2.24, 2.45) is 0 Å². The van der Waals surface area contributed by atoms with E-state index in [1.807, 2.05) is 36.4 Å². The van der Waals surface area contributed by atoms with Gasteiger partial charge in [-0.3, -0.25) is 0 Å². The van der Waals surface area contributed by atoms with Crippen LogP contribution >= 0.6 is 11.6 Å². The minimum Gasteiger partial charge on any atom is -0.460 e. The average Bonchev–Trinajstić information content (AvgIpc) is 2.92. The van der Waals surface area contributed by atoms with Gasteiger partial charge in [-0.2, -0.15) is 0 Å². The van der Waals surface area contributed by atoms with E-state index < -0.39 is 0 Å². The summed E-state index contributed by atoms with van der Waals surface area (Å²) in [5, 5.41) is 16.3. The van der Waals surface area contributed by atoms with Gasteiger partial charge in [0.2, 0.25) is 0 Å². The Morgan fingerprint density at radius 3 is 2.52 bits per heavy atom. The highest BCUT2D eigenvalue weighted by molar-refractivity contribution is 6.30. The van der Waals surface area contributed by atoms with Crippen molar-refractivity contribution in [3.05, 3.63) is 47.2 Å². The fourth-order valence-corrected chi connectivity index (χ4v) is 2.07. The lowest BCUT2D eigenvalue weighted by Crippen LogP contribution is -2.31. The van der Waals surface area contributed by atoms with Gasteiger partial charge in [0.1, 0.15) is 11.5 Å². The van der Waals surface area contributed by atoms with Crippen LogP contribution in [0.2, 0.25) is 5.02 Å². The highest BCUT2D eigenvalue weighted by Gasteiger charge is 2.04. The molecule has 0 bridgehead atoms. The third-order valence-electron chi connectivity index (χ3n) is 3.01. The summed E-state index contributed by atoms with van der Waals surface area (Å²) in [6.45, 7) is 4.70. The molecule has 0 fully saturated rings. The van der Waals surface area contributed by atoms with Gasteiger partial charge in [0.05, 0.1) is 12.6 Å².